The largest absolute Gasteiger partial charge is 0.340 e. The van der Waals surface area contributed by atoms with E-state index in [0.29, 0.717) is 0 Å². The predicted octanol–water partition coefficient (Wildman–Crippen LogP) is 3.59. The van der Waals surface area contributed by atoms with Gasteiger partial charge in [-0.2, -0.15) is 11.3 Å². The third-order valence-electron chi connectivity index (χ3n) is 4.58. The van der Waals surface area contributed by atoms with E-state index in [1.165, 1.54) is 5.56 Å². The number of hydrogen-bond acceptors (Lipinski definition) is 3. The average molecular weight is 328 g/mol. The lowest BCUT2D eigenvalue weighted by atomic mass is 9.95. The van der Waals surface area contributed by atoms with Gasteiger partial charge < -0.3 is 4.90 Å². The maximum atomic E-state index is 12.9. The number of piperazine rings is 1. The monoisotopic (exact) mass is 328 g/mol. The molecule has 2 aromatic rings. The third kappa shape index (κ3) is 4.01. The number of carbonyl (C=O) groups excluding carboxylic acids is 1. The molecule has 1 aromatic carbocycles. The lowest BCUT2D eigenvalue weighted by molar-refractivity contribution is -0.134. The number of thiophene rings is 1. The smallest absolute Gasteiger partial charge is 0.230 e. The van der Waals surface area contributed by atoms with Crippen LogP contribution in [0.25, 0.3) is 0 Å². The normalized spacial score (nSPS) is 17.2. The molecule has 3 nitrogen and oxygen atoms in total. The molecular formula is C19H24N2OS. The van der Waals surface area contributed by atoms with Crippen LogP contribution < -0.4 is 0 Å². The summed E-state index contributed by atoms with van der Waals surface area (Å²) in [5, 5.41) is 4.33. The van der Waals surface area contributed by atoms with Crippen molar-refractivity contribution in [1.82, 2.24) is 9.80 Å². The molecule has 0 aliphatic carbocycles. The van der Waals surface area contributed by atoms with Crippen molar-refractivity contribution in [1.29, 1.82) is 0 Å². The summed E-state index contributed by atoms with van der Waals surface area (Å²) in [4.78, 5) is 17.3. The van der Waals surface area contributed by atoms with E-state index in [2.05, 4.69) is 40.8 Å². The van der Waals surface area contributed by atoms with Crippen LogP contribution >= 0.6 is 11.3 Å². The minimum atomic E-state index is -0.000348. The second-order valence-electron chi connectivity index (χ2n) is 6.10. The molecular weight excluding hydrogens is 304 g/mol. The van der Waals surface area contributed by atoms with Gasteiger partial charge in [0.2, 0.25) is 5.91 Å². The van der Waals surface area contributed by atoms with Gasteiger partial charge in [-0.3, -0.25) is 9.69 Å². The summed E-state index contributed by atoms with van der Waals surface area (Å²) >= 11 is 1.75. The molecule has 1 fully saturated rings. The molecule has 0 N–H and O–H groups in total. The van der Waals surface area contributed by atoms with Crippen LogP contribution in [0.15, 0.2) is 47.2 Å². The minimum Gasteiger partial charge on any atom is -0.340 e. The quantitative estimate of drug-likeness (QED) is 0.837. The highest BCUT2D eigenvalue weighted by atomic mass is 32.1. The van der Waals surface area contributed by atoms with Crippen molar-refractivity contribution in [3.63, 3.8) is 0 Å². The van der Waals surface area contributed by atoms with Gasteiger partial charge in [0.15, 0.2) is 0 Å². The van der Waals surface area contributed by atoms with Crippen LogP contribution in [0.3, 0.4) is 0 Å². The van der Waals surface area contributed by atoms with Crippen molar-refractivity contribution in [3.05, 3.63) is 58.3 Å². The SMILES string of the molecule is CCC(C(=O)N1CCN(Cc2ccsc2)CC1)c1ccccc1. The fourth-order valence-corrected chi connectivity index (χ4v) is 3.89. The van der Waals surface area contributed by atoms with Crippen LogP contribution in [0.2, 0.25) is 0 Å². The van der Waals surface area contributed by atoms with Crippen LogP contribution in [-0.4, -0.2) is 41.9 Å². The molecule has 1 amide bonds. The summed E-state index contributed by atoms with van der Waals surface area (Å²) < 4.78 is 0. The summed E-state index contributed by atoms with van der Waals surface area (Å²) in [6.07, 6.45) is 0.859. The third-order valence-corrected chi connectivity index (χ3v) is 5.31. The number of carbonyl (C=O) groups is 1. The summed E-state index contributed by atoms with van der Waals surface area (Å²) in [5.41, 5.74) is 2.52. The van der Waals surface area contributed by atoms with Crippen molar-refractivity contribution in [2.24, 2.45) is 0 Å². The van der Waals surface area contributed by atoms with Crippen molar-refractivity contribution >= 4 is 17.2 Å². The first-order valence-corrected chi connectivity index (χ1v) is 9.29. The van der Waals surface area contributed by atoms with Gasteiger partial charge in [0.25, 0.3) is 0 Å². The van der Waals surface area contributed by atoms with E-state index in [0.717, 1.165) is 44.7 Å². The van der Waals surface area contributed by atoms with Crippen molar-refractivity contribution in [3.8, 4) is 0 Å². The number of benzene rings is 1. The Morgan fingerprint density at radius 2 is 1.87 bits per heavy atom. The highest BCUT2D eigenvalue weighted by molar-refractivity contribution is 7.07. The zero-order valence-electron chi connectivity index (χ0n) is 13.6. The highest BCUT2D eigenvalue weighted by Gasteiger charge is 2.27. The molecule has 1 aliphatic rings. The molecule has 2 heterocycles. The van der Waals surface area contributed by atoms with Gasteiger partial charge in [0.05, 0.1) is 5.92 Å². The summed E-state index contributed by atoms with van der Waals surface area (Å²) in [6, 6.07) is 12.4. The Hall–Kier alpha value is -1.65. The Bertz CT molecular complexity index is 604. The molecule has 1 unspecified atom stereocenters. The Morgan fingerprint density at radius 1 is 1.13 bits per heavy atom. The molecule has 1 atom stereocenters. The summed E-state index contributed by atoms with van der Waals surface area (Å²) in [7, 11) is 0. The van der Waals surface area contributed by atoms with Gasteiger partial charge in [-0.1, -0.05) is 37.3 Å². The van der Waals surface area contributed by atoms with Gasteiger partial charge in [-0.15, -0.1) is 0 Å². The minimum absolute atomic E-state index is 0.000348. The van der Waals surface area contributed by atoms with Crippen LogP contribution in [0.4, 0.5) is 0 Å². The molecule has 1 aliphatic heterocycles. The van der Waals surface area contributed by atoms with E-state index >= 15 is 0 Å². The molecule has 3 rings (SSSR count). The Morgan fingerprint density at radius 3 is 2.48 bits per heavy atom. The average Bonchev–Trinajstić information content (AvgIpc) is 3.10. The van der Waals surface area contributed by atoms with E-state index in [9.17, 15) is 4.79 Å². The van der Waals surface area contributed by atoms with Crippen LogP contribution in [0, 0.1) is 0 Å². The summed E-state index contributed by atoms with van der Waals surface area (Å²) in [5.74, 6) is 0.286. The van der Waals surface area contributed by atoms with Crippen molar-refractivity contribution < 1.29 is 4.79 Å². The fourth-order valence-electron chi connectivity index (χ4n) is 3.23. The lowest BCUT2D eigenvalue weighted by Crippen LogP contribution is -2.49. The number of nitrogens with zero attached hydrogens (tertiary/aromatic N) is 2. The number of hydrogen-bond donors (Lipinski definition) is 0. The van der Waals surface area contributed by atoms with E-state index in [-0.39, 0.29) is 11.8 Å². The molecule has 1 aromatic heterocycles. The first kappa shape index (κ1) is 16.2. The van der Waals surface area contributed by atoms with Gasteiger partial charge in [-0.25, -0.2) is 0 Å². The standard InChI is InChI=1S/C19H24N2OS/c1-2-18(17-6-4-3-5-7-17)19(22)21-11-9-20(10-12-21)14-16-8-13-23-15-16/h3-8,13,15,18H,2,9-12,14H2,1H3. The highest BCUT2D eigenvalue weighted by Crippen LogP contribution is 2.23. The van der Waals surface area contributed by atoms with Crippen molar-refractivity contribution in [2.45, 2.75) is 25.8 Å². The van der Waals surface area contributed by atoms with Crippen LogP contribution in [0.1, 0.15) is 30.4 Å². The van der Waals surface area contributed by atoms with Gasteiger partial charge >= 0.3 is 0 Å². The molecule has 0 bridgehead atoms. The van der Waals surface area contributed by atoms with Crippen LogP contribution in [0.5, 0.6) is 0 Å². The van der Waals surface area contributed by atoms with Gasteiger partial charge in [0, 0.05) is 32.7 Å². The predicted molar refractivity (Wildman–Crippen MR) is 95.7 cm³/mol. The molecule has 0 radical (unpaired) electrons. The van der Waals surface area contributed by atoms with E-state index in [4.69, 9.17) is 0 Å². The second kappa shape index (κ2) is 7.75. The number of amides is 1. The van der Waals surface area contributed by atoms with E-state index in [1.54, 1.807) is 11.3 Å². The molecule has 4 heteroatoms. The molecule has 23 heavy (non-hydrogen) atoms. The van der Waals surface area contributed by atoms with E-state index in [1.807, 2.05) is 23.1 Å². The number of rotatable bonds is 5. The zero-order valence-corrected chi connectivity index (χ0v) is 14.5. The van der Waals surface area contributed by atoms with E-state index < -0.39 is 0 Å². The Kier molecular flexibility index (Phi) is 5.47. The first-order chi connectivity index (χ1) is 11.3. The molecule has 122 valence electrons. The fraction of sp³-hybridized carbons (Fsp3) is 0.421. The van der Waals surface area contributed by atoms with Gasteiger partial charge in [-0.05, 0) is 34.4 Å². The second-order valence-corrected chi connectivity index (χ2v) is 6.88. The molecule has 0 spiro atoms. The van der Waals surface area contributed by atoms with Gasteiger partial charge in [0.1, 0.15) is 0 Å². The first-order valence-electron chi connectivity index (χ1n) is 8.35. The lowest BCUT2D eigenvalue weighted by Gasteiger charge is -2.36. The van der Waals surface area contributed by atoms with Crippen molar-refractivity contribution in [2.75, 3.05) is 26.2 Å². The molecule has 1 saturated heterocycles. The summed E-state index contributed by atoms with van der Waals surface area (Å²) in [6.45, 7) is 6.71. The maximum absolute atomic E-state index is 12.9. The maximum Gasteiger partial charge on any atom is 0.230 e. The van der Waals surface area contributed by atoms with Crippen LogP contribution in [-0.2, 0) is 11.3 Å². The Balaban J connectivity index is 1.57. The topological polar surface area (TPSA) is 23.6 Å². The molecule has 0 saturated carbocycles. The zero-order chi connectivity index (χ0) is 16.1. The Labute approximate surface area is 142 Å².